The third-order valence-electron chi connectivity index (χ3n) is 7.43. The first kappa shape index (κ1) is 35.3. The Morgan fingerprint density at radius 1 is 0.638 bits per heavy atom. The molecule has 8 heteroatoms. The molecule has 0 aliphatic carbocycles. The average Bonchev–Trinajstić information content (AvgIpc) is 3.06. The Morgan fingerprint density at radius 3 is 1.83 bits per heavy atom. The number of hydrogen-bond donors (Lipinski definition) is 0. The molecule has 0 aromatic heterocycles. The number of benzene rings is 4. The largest absolute Gasteiger partial charge is 0.514 e. The number of unbranched alkanes of at least 4 members (excludes halogenated alkanes) is 9. The molecule has 0 aliphatic rings. The zero-order valence-corrected chi connectivity index (χ0v) is 28.3. The molecule has 0 amide bonds. The van der Waals surface area contributed by atoms with Gasteiger partial charge < -0.3 is 14.2 Å². The second-order valence-corrected chi connectivity index (χ2v) is 12.6. The number of azo groups is 2. The van der Waals surface area contributed by atoms with Gasteiger partial charge in [0.25, 0.3) is 0 Å². The number of fused-ring (bicyclic) bond motifs is 1. The SMILES string of the molecule is CCCCCCCCCCCCOc1ccc2c(/N=N/c3ccc(/N=N/c4ccccc4)cc3)c(OC(=O)OC(C)(C)C)ccc2c1. The van der Waals surface area contributed by atoms with Gasteiger partial charge in [0.2, 0.25) is 0 Å². The molecular weight excluding hydrogens is 588 g/mol. The van der Waals surface area contributed by atoms with E-state index in [0.717, 1.165) is 28.6 Å². The molecule has 0 atom stereocenters. The van der Waals surface area contributed by atoms with Crippen molar-refractivity contribution >= 4 is 39.7 Å². The Balaban J connectivity index is 1.42. The molecule has 4 aromatic carbocycles. The predicted molar refractivity (Wildman–Crippen MR) is 189 cm³/mol. The van der Waals surface area contributed by atoms with Crippen molar-refractivity contribution in [3.8, 4) is 11.5 Å². The highest BCUT2D eigenvalue weighted by atomic mass is 16.7. The zero-order valence-electron chi connectivity index (χ0n) is 28.3. The van der Waals surface area contributed by atoms with Crippen LogP contribution < -0.4 is 9.47 Å². The van der Waals surface area contributed by atoms with E-state index < -0.39 is 11.8 Å². The second-order valence-electron chi connectivity index (χ2n) is 12.6. The van der Waals surface area contributed by atoms with Gasteiger partial charge in [0.05, 0.1) is 23.7 Å². The molecule has 0 saturated carbocycles. The van der Waals surface area contributed by atoms with Crippen molar-refractivity contribution in [2.24, 2.45) is 20.5 Å². The summed E-state index contributed by atoms with van der Waals surface area (Å²) in [5, 5.41) is 19.2. The zero-order chi connectivity index (χ0) is 33.3. The molecule has 0 aliphatic heterocycles. The molecule has 0 spiro atoms. The van der Waals surface area contributed by atoms with Gasteiger partial charge in [0, 0.05) is 5.39 Å². The summed E-state index contributed by atoms with van der Waals surface area (Å²) in [7, 11) is 0. The van der Waals surface area contributed by atoms with Crippen molar-refractivity contribution in [1.29, 1.82) is 0 Å². The van der Waals surface area contributed by atoms with E-state index in [1.54, 1.807) is 26.8 Å². The van der Waals surface area contributed by atoms with Gasteiger partial charge in [0.15, 0.2) is 5.75 Å². The molecule has 0 heterocycles. The van der Waals surface area contributed by atoms with Gasteiger partial charge in [-0.1, -0.05) is 89.0 Å². The van der Waals surface area contributed by atoms with E-state index in [1.807, 2.05) is 78.9 Å². The standard InChI is InChI=1S/C39H48N4O4/c1-5-6-7-8-9-10-11-12-13-17-28-45-34-25-26-35-30(29-34)20-27-36(46-38(44)47-39(2,3)4)37(35)43-42-33-23-21-32(22-24-33)41-40-31-18-15-14-16-19-31/h14-16,18-27,29H,5-13,17,28H2,1-4H3/b41-40+,43-42+. The number of carbonyl (C=O) groups is 1. The van der Waals surface area contributed by atoms with Crippen LogP contribution in [0.25, 0.3) is 10.8 Å². The lowest BCUT2D eigenvalue weighted by Gasteiger charge is -2.19. The summed E-state index contributed by atoms with van der Waals surface area (Å²) in [6, 6.07) is 26.2. The normalized spacial score (nSPS) is 11.8. The van der Waals surface area contributed by atoms with E-state index in [0.29, 0.717) is 23.7 Å². The predicted octanol–water partition coefficient (Wildman–Crippen LogP) is 13.3. The molecule has 0 N–H and O–H groups in total. The molecule has 4 rings (SSSR count). The number of rotatable bonds is 17. The Kier molecular flexibility index (Phi) is 13.9. The van der Waals surface area contributed by atoms with E-state index in [4.69, 9.17) is 14.2 Å². The fourth-order valence-electron chi connectivity index (χ4n) is 4.99. The van der Waals surface area contributed by atoms with Gasteiger partial charge in [-0.15, -0.1) is 5.11 Å². The molecule has 0 saturated heterocycles. The highest BCUT2D eigenvalue weighted by Crippen LogP contribution is 2.39. The smallest absolute Gasteiger partial charge is 0.494 e. The number of carbonyl (C=O) groups excluding carboxylic acids is 1. The number of hydrogen-bond acceptors (Lipinski definition) is 8. The van der Waals surface area contributed by atoms with Gasteiger partial charge >= 0.3 is 6.16 Å². The van der Waals surface area contributed by atoms with Crippen molar-refractivity contribution < 1.29 is 19.0 Å². The first-order valence-corrected chi connectivity index (χ1v) is 16.9. The van der Waals surface area contributed by atoms with Crippen molar-refractivity contribution in [1.82, 2.24) is 0 Å². The van der Waals surface area contributed by atoms with Crippen molar-refractivity contribution in [3.05, 3.63) is 84.9 Å². The molecule has 4 aromatic rings. The topological polar surface area (TPSA) is 94.2 Å². The summed E-state index contributed by atoms with van der Waals surface area (Å²) in [6.45, 7) is 8.30. The first-order chi connectivity index (χ1) is 22.8. The Labute approximate surface area is 279 Å². The molecule has 47 heavy (non-hydrogen) atoms. The summed E-state index contributed by atoms with van der Waals surface area (Å²) in [5.74, 6) is 1.04. The highest BCUT2D eigenvalue weighted by molar-refractivity contribution is 5.96. The van der Waals surface area contributed by atoms with Crippen LogP contribution in [-0.4, -0.2) is 18.4 Å². The van der Waals surface area contributed by atoms with Crippen LogP contribution in [0.2, 0.25) is 0 Å². The molecule has 0 bridgehead atoms. The molecule has 8 nitrogen and oxygen atoms in total. The van der Waals surface area contributed by atoms with Crippen LogP contribution in [0.3, 0.4) is 0 Å². The number of ether oxygens (including phenoxy) is 3. The summed E-state index contributed by atoms with van der Waals surface area (Å²) in [4.78, 5) is 12.6. The average molecular weight is 637 g/mol. The Hall–Kier alpha value is -4.59. The van der Waals surface area contributed by atoms with Crippen LogP contribution in [0.15, 0.2) is 105 Å². The van der Waals surface area contributed by atoms with E-state index in [2.05, 4.69) is 27.4 Å². The lowest BCUT2D eigenvalue weighted by Crippen LogP contribution is -2.26. The van der Waals surface area contributed by atoms with Crippen molar-refractivity contribution in [2.45, 2.75) is 97.5 Å². The third-order valence-corrected chi connectivity index (χ3v) is 7.43. The summed E-state index contributed by atoms with van der Waals surface area (Å²) < 4.78 is 17.1. The van der Waals surface area contributed by atoms with E-state index in [-0.39, 0.29) is 5.75 Å². The lowest BCUT2D eigenvalue weighted by atomic mass is 10.1. The minimum atomic E-state index is -0.808. The van der Waals surface area contributed by atoms with Crippen LogP contribution in [-0.2, 0) is 4.74 Å². The summed E-state index contributed by atoms with van der Waals surface area (Å²) in [6.07, 6.45) is 12.0. The van der Waals surface area contributed by atoms with Crippen LogP contribution in [0.4, 0.5) is 27.5 Å². The van der Waals surface area contributed by atoms with Crippen LogP contribution >= 0.6 is 0 Å². The molecule has 0 unspecified atom stereocenters. The maximum Gasteiger partial charge on any atom is 0.514 e. The first-order valence-electron chi connectivity index (χ1n) is 16.9. The van der Waals surface area contributed by atoms with Gasteiger partial charge in [-0.3, -0.25) is 0 Å². The van der Waals surface area contributed by atoms with Crippen molar-refractivity contribution in [2.75, 3.05) is 6.61 Å². The van der Waals surface area contributed by atoms with Crippen LogP contribution in [0, 0.1) is 0 Å². The maximum atomic E-state index is 12.6. The van der Waals surface area contributed by atoms with Crippen LogP contribution in [0.1, 0.15) is 91.9 Å². The maximum absolute atomic E-state index is 12.6. The van der Waals surface area contributed by atoms with Gasteiger partial charge in [-0.05, 0) is 93.2 Å². The Bertz CT molecular complexity index is 1600. The molecule has 0 fully saturated rings. The highest BCUT2D eigenvalue weighted by Gasteiger charge is 2.20. The van der Waals surface area contributed by atoms with Gasteiger partial charge in [0.1, 0.15) is 17.0 Å². The molecule has 0 radical (unpaired) electrons. The number of nitrogens with zero attached hydrogens (tertiary/aromatic N) is 4. The van der Waals surface area contributed by atoms with Crippen LogP contribution in [0.5, 0.6) is 11.5 Å². The monoisotopic (exact) mass is 636 g/mol. The Morgan fingerprint density at radius 2 is 1.21 bits per heavy atom. The second kappa shape index (κ2) is 18.5. The lowest BCUT2D eigenvalue weighted by molar-refractivity contribution is 0.0207. The summed E-state index contributed by atoms with van der Waals surface area (Å²) >= 11 is 0. The van der Waals surface area contributed by atoms with Gasteiger partial charge in [-0.2, -0.15) is 15.3 Å². The quantitative estimate of drug-likeness (QED) is 0.0498. The fourth-order valence-corrected chi connectivity index (χ4v) is 4.99. The van der Waals surface area contributed by atoms with Gasteiger partial charge in [-0.25, -0.2) is 4.79 Å². The molecular formula is C39H48N4O4. The fraction of sp³-hybridized carbons (Fsp3) is 0.410. The van der Waals surface area contributed by atoms with E-state index >= 15 is 0 Å². The molecule has 248 valence electrons. The summed E-state index contributed by atoms with van der Waals surface area (Å²) in [5.41, 5.74) is 1.80. The van der Waals surface area contributed by atoms with Crippen molar-refractivity contribution in [3.63, 3.8) is 0 Å². The van der Waals surface area contributed by atoms with E-state index in [9.17, 15) is 4.79 Å². The van der Waals surface area contributed by atoms with E-state index in [1.165, 1.54) is 57.8 Å². The third kappa shape index (κ3) is 12.6. The minimum absolute atomic E-state index is 0.253. The minimum Gasteiger partial charge on any atom is -0.494 e.